The summed E-state index contributed by atoms with van der Waals surface area (Å²) in [6.45, 7) is 11.0. The first-order valence-electron chi connectivity index (χ1n) is 17.1. The molecule has 0 N–H and O–H groups in total. The Morgan fingerprint density at radius 3 is 2.18 bits per heavy atom. The van der Waals surface area contributed by atoms with Gasteiger partial charge in [0, 0.05) is 50.9 Å². The summed E-state index contributed by atoms with van der Waals surface area (Å²) in [4.78, 5) is 9.75. The van der Waals surface area contributed by atoms with Crippen molar-refractivity contribution in [3.8, 4) is 17.4 Å². The Labute approximate surface area is 291 Å². The van der Waals surface area contributed by atoms with Gasteiger partial charge in [0.25, 0.3) is 6.85 Å². The summed E-state index contributed by atoms with van der Waals surface area (Å²) in [6, 6.07) is 38.0. The van der Waals surface area contributed by atoms with E-state index in [4.69, 9.17) is 14.7 Å². The summed E-state index contributed by atoms with van der Waals surface area (Å²) in [5.74, 6) is 5.03. The highest BCUT2D eigenvalue weighted by molar-refractivity contribution is 6.89. The van der Waals surface area contributed by atoms with Gasteiger partial charge in [-0.05, 0) is 84.7 Å². The number of hydrogen-bond acceptors (Lipinski definition) is 3. The van der Waals surface area contributed by atoms with Crippen LogP contribution in [0.25, 0.3) is 49.4 Å². The predicted octanol–water partition coefficient (Wildman–Crippen LogP) is 10.1. The number of fused-ring (bicyclic) bond motifs is 6. The molecule has 0 saturated heterocycles. The van der Waals surface area contributed by atoms with E-state index in [-0.39, 0.29) is 12.3 Å². The number of para-hydroxylation sites is 3. The van der Waals surface area contributed by atoms with Gasteiger partial charge in [-0.15, -0.1) is 5.98 Å². The molecule has 1 aliphatic heterocycles. The molecule has 0 radical (unpaired) electrons. The second-order valence-electron chi connectivity index (χ2n) is 14.2. The molecule has 0 amide bonds. The number of aromatic nitrogens is 4. The highest BCUT2D eigenvalue weighted by atomic mass is 16.5. The molecule has 50 heavy (non-hydrogen) atoms. The predicted molar refractivity (Wildman–Crippen MR) is 206 cm³/mol. The van der Waals surface area contributed by atoms with E-state index >= 15 is 0 Å². The number of aryl methyl sites for hydroxylation is 2. The standard InChI is InChI=1S/C43H36BN5O/c1-28-11-8-14-34-35-15-9-12-29(2)42(35)49(41(28)34)44-22-24-47(27-44)38-17-10-18-40(46-38)50-31-19-20-33-32-13-6-7-16-36(32)48(37(33)26-31)39-25-30(21-23-45-39)43(3,4)5/h6-26H,1-5H3. The van der Waals surface area contributed by atoms with E-state index in [2.05, 4.69) is 141 Å². The third-order valence-corrected chi connectivity index (χ3v) is 9.88. The van der Waals surface area contributed by atoms with Crippen molar-refractivity contribution in [2.75, 3.05) is 0 Å². The number of hydrogen-bond donors (Lipinski definition) is 0. The van der Waals surface area contributed by atoms with E-state index in [0.717, 1.165) is 28.1 Å². The van der Waals surface area contributed by atoms with Crippen LogP contribution < -0.4 is 4.74 Å². The van der Waals surface area contributed by atoms with Gasteiger partial charge in [0.15, 0.2) is 0 Å². The molecule has 0 aliphatic carbocycles. The smallest absolute Gasteiger partial charge is 0.319 e. The average molecular weight is 650 g/mol. The molecule has 8 aromatic rings. The van der Waals surface area contributed by atoms with Crippen LogP contribution in [0.3, 0.4) is 0 Å². The minimum absolute atomic E-state index is 0.00213. The molecule has 6 nitrogen and oxygen atoms in total. The molecule has 0 bridgehead atoms. The van der Waals surface area contributed by atoms with Crippen molar-refractivity contribution < 1.29 is 9.31 Å². The normalized spacial score (nSPS) is 13.3. The van der Waals surface area contributed by atoms with Gasteiger partial charge in [-0.2, -0.15) is 0 Å². The monoisotopic (exact) mass is 649 g/mol. The van der Waals surface area contributed by atoms with Crippen LogP contribution in [0.4, 0.5) is 5.82 Å². The Hall–Kier alpha value is -5.95. The highest BCUT2D eigenvalue weighted by Crippen LogP contribution is 2.37. The van der Waals surface area contributed by atoms with Crippen LogP contribution in [0.2, 0.25) is 0 Å². The molecule has 242 valence electrons. The number of benzene rings is 4. The van der Waals surface area contributed by atoms with Crippen molar-refractivity contribution in [3.05, 3.63) is 144 Å². The van der Waals surface area contributed by atoms with Gasteiger partial charge in [0.05, 0.1) is 11.0 Å². The first-order valence-corrected chi connectivity index (χ1v) is 17.1. The van der Waals surface area contributed by atoms with Crippen LogP contribution in [0, 0.1) is 13.8 Å². The summed E-state index contributed by atoms with van der Waals surface area (Å²) >= 11 is 0. The first kappa shape index (κ1) is 30.1. The molecule has 9 rings (SSSR count). The molecule has 0 spiro atoms. The lowest BCUT2D eigenvalue weighted by atomic mass is 9.64. The maximum atomic E-state index is 6.47. The summed E-state index contributed by atoms with van der Waals surface area (Å²) in [5.41, 5.74) is 8.33. The minimum atomic E-state index is -0.0849. The zero-order valence-corrected chi connectivity index (χ0v) is 28.8. The second kappa shape index (κ2) is 11.3. The molecule has 0 fully saturated rings. The number of rotatable bonds is 5. The molecule has 1 aliphatic rings. The van der Waals surface area contributed by atoms with Crippen LogP contribution in [0.15, 0.2) is 128 Å². The third-order valence-electron chi connectivity index (χ3n) is 9.88. The Morgan fingerprint density at radius 2 is 1.42 bits per heavy atom. The average Bonchev–Trinajstić information content (AvgIpc) is 3.82. The molecule has 7 heteroatoms. The Morgan fingerprint density at radius 1 is 0.720 bits per heavy atom. The molecule has 5 heterocycles. The number of nitrogens with zero attached hydrogens (tertiary/aromatic N) is 5. The van der Waals surface area contributed by atoms with E-state index in [1.54, 1.807) is 0 Å². The van der Waals surface area contributed by atoms with Crippen molar-refractivity contribution in [2.24, 2.45) is 0 Å². The van der Waals surface area contributed by atoms with Crippen LogP contribution in [0.1, 0.15) is 37.5 Å². The molecule has 0 unspecified atom stereocenters. The quantitative estimate of drug-likeness (QED) is 0.106. The SMILES string of the molecule is Cc1cccc2c3cccc(C)c3n(B3[C-]=[N+](c4cccc(Oc5ccc6c7ccccc7n(-c7cc(C(C)(C)C)ccn7)c6c5)n4)C=C3)c12. The topological polar surface area (TPSA) is 47.9 Å². The van der Waals surface area contributed by atoms with Gasteiger partial charge in [0.1, 0.15) is 11.6 Å². The van der Waals surface area contributed by atoms with Crippen molar-refractivity contribution in [1.29, 1.82) is 0 Å². The Kier molecular flexibility index (Phi) is 6.82. The molecular formula is C43H36BN5O. The van der Waals surface area contributed by atoms with Gasteiger partial charge in [-0.25, -0.2) is 4.98 Å². The minimum Gasteiger partial charge on any atom is -0.421 e. The zero-order valence-electron chi connectivity index (χ0n) is 28.8. The van der Waals surface area contributed by atoms with Gasteiger partial charge in [0.2, 0.25) is 5.82 Å². The van der Waals surface area contributed by atoms with Crippen molar-refractivity contribution in [2.45, 2.75) is 40.0 Å². The largest absolute Gasteiger partial charge is 0.421 e. The summed E-state index contributed by atoms with van der Waals surface area (Å²) < 4.78 is 13.1. The first-order chi connectivity index (χ1) is 24.2. The Bertz CT molecular complexity index is 2650. The maximum Gasteiger partial charge on any atom is 0.319 e. The van der Waals surface area contributed by atoms with Crippen molar-refractivity contribution >= 4 is 62.4 Å². The van der Waals surface area contributed by atoms with Crippen LogP contribution >= 0.6 is 0 Å². The molecule has 0 atom stereocenters. The van der Waals surface area contributed by atoms with Crippen molar-refractivity contribution in [3.63, 3.8) is 0 Å². The highest BCUT2D eigenvalue weighted by Gasteiger charge is 2.23. The van der Waals surface area contributed by atoms with Gasteiger partial charge < -0.3 is 13.8 Å². The fourth-order valence-electron chi connectivity index (χ4n) is 7.45. The Balaban J connectivity index is 1.08. The van der Waals surface area contributed by atoms with E-state index < -0.39 is 0 Å². The van der Waals surface area contributed by atoms with E-state index in [1.165, 1.54) is 43.9 Å². The fraction of sp³-hybridized carbons (Fsp3) is 0.140. The molecular weight excluding hydrogens is 613 g/mol. The van der Waals surface area contributed by atoms with Crippen molar-refractivity contribution in [1.82, 2.24) is 19.0 Å². The summed E-state index contributed by atoms with van der Waals surface area (Å²) in [5, 5.41) is 4.84. The van der Waals surface area contributed by atoms with E-state index in [9.17, 15) is 0 Å². The van der Waals surface area contributed by atoms with E-state index in [0.29, 0.717) is 11.6 Å². The molecule has 0 saturated carbocycles. The third kappa shape index (κ3) is 4.84. The molecule has 4 aromatic carbocycles. The maximum absolute atomic E-state index is 6.47. The number of ether oxygens (including phenoxy) is 1. The summed E-state index contributed by atoms with van der Waals surface area (Å²) in [6.07, 6.45) is 7.63. The fourth-order valence-corrected chi connectivity index (χ4v) is 7.45. The number of pyridine rings is 2. The van der Waals surface area contributed by atoms with Crippen LogP contribution in [-0.4, -0.2) is 36.6 Å². The van der Waals surface area contributed by atoms with Crippen LogP contribution in [0.5, 0.6) is 11.6 Å². The van der Waals surface area contributed by atoms with Crippen LogP contribution in [-0.2, 0) is 5.41 Å². The van der Waals surface area contributed by atoms with Gasteiger partial charge in [-0.3, -0.25) is 4.57 Å². The lowest BCUT2D eigenvalue weighted by molar-refractivity contribution is -0.355. The summed E-state index contributed by atoms with van der Waals surface area (Å²) in [7, 11) is 0. The molecule has 4 aromatic heterocycles. The lowest BCUT2D eigenvalue weighted by Crippen LogP contribution is -2.24. The zero-order chi connectivity index (χ0) is 34.1. The van der Waals surface area contributed by atoms with Gasteiger partial charge >= 0.3 is 5.88 Å². The van der Waals surface area contributed by atoms with Gasteiger partial charge in [-0.1, -0.05) is 86.4 Å². The van der Waals surface area contributed by atoms with E-state index in [1.807, 2.05) is 41.2 Å². The lowest BCUT2D eigenvalue weighted by Gasteiger charge is -2.20. The second-order valence-corrected chi connectivity index (χ2v) is 14.2.